The molecule has 2 aromatic carbocycles. The maximum absolute atomic E-state index is 12.4. The molecular formula is C21H16N4O2S2. The molecule has 2 heterocycles. The Bertz CT molecular complexity index is 1280. The number of nitriles is 1. The van der Waals surface area contributed by atoms with Gasteiger partial charge in [-0.05, 0) is 42.8 Å². The van der Waals surface area contributed by atoms with Crippen molar-refractivity contribution in [1.82, 2.24) is 9.97 Å². The number of aromatic nitrogens is 2. The molecule has 0 fully saturated rings. The van der Waals surface area contributed by atoms with E-state index in [-0.39, 0.29) is 11.7 Å². The van der Waals surface area contributed by atoms with Crippen LogP contribution >= 0.6 is 23.1 Å². The highest BCUT2D eigenvalue weighted by Gasteiger charge is 2.13. The van der Waals surface area contributed by atoms with E-state index in [1.165, 1.54) is 23.1 Å². The molecule has 0 bridgehead atoms. The highest BCUT2D eigenvalue weighted by molar-refractivity contribution is 8.00. The molecule has 0 unspecified atom stereocenters. The van der Waals surface area contributed by atoms with Gasteiger partial charge in [-0.3, -0.25) is 4.79 Å². The first-order valence-corrected chi connectivity index (χ1v) is 10.5. The number of hydrogen-bond donors (Lipinski definition) is 1. The molecule has 0 saturated heterocycles. The molecule has 0 saturated carbocycles. The second-order valence-corrected chi connectivity index (χ2v) is 8.33. The van der Waals surface area contributed by atoms with E-state index in [4.69, 9.17) is 4.74 Å². The number of ether oxygens (including phenoxy) is 1. The molecule has 0 aliphatic carbocycles. The Morgan fingerprint density at radius 1 is 1.21 bits per heavy atom. The van der Waals surface area contributed by atoms with Crippen molar-refractivity contribution < 1.29 is 9.53 Å². The van der Waals surface area contributed by atoms with Gasteiger partial charge >= 0.3 is 0 Å². The van der Waals surface area contributed by atoms with E-state index in [0.717, 1.165) is 21.2 Å². The fourth-order valence-corrected chi connectivity index (χ4v) is 4.45. The van der Waals surface area contributed by atoms with Crippen LogP contribution in [0.1, 0.15) is 11.1 Å². The van der Waals surface area contributed by atoms with Gasteiger partial charge in [-0.2, -0.15) is 5.26 Å². The number of carbonyl (C=O) groups excluding carboxylic acids is 1. The first-order chi connectivity index (χ1) is 14.1. The van der Waals surface area contributed by atoms with Gasteiger partial charge in [0.15, 0.2) is 5.13 Å². The molecule has 4 aromatic rings. The number of hydrogen-bond acceptors (Lipinski definition) is 7. The standard InChI is InChI=1S/C21H16N4O2S2/c1-12-3-6-18-17(7-12)24-21(29-18)25-19(26)11-28-20-14(10-22)8-13-4-5-15(27-2)9-16(13)23-20/h3-9H,11H2,1-2H3,(H,24,25,26). The third-order valence-corrected chi connectivity index (χ3v) is 6.18. The third kappa shape index (κ3) is 4.16. The van der Waals surface area contributed by atoms with Gasteiger partial charge in [0, 0.05) is 11.5 Å². The summed E-state index contributed by atoms with van der Waals surface area (Å²) >= 11 is 2.66. The van der Waals surface area contributed by atoms with Crippen molar-refractivity contribution in [3.05, 3.63) is 53.6 Å². The number of methoxy groups -OCH3 is 1. The first-order valence-electron chi connectivity index (χ1n) is 8.74. The summed E-state index contributed by atoms with van der Waals surface area (Å²) in [6, 6.07) is 15.4. The SMILES string of the molecule is COc1ccc2cc(C#N)c(SCC(=O)Nc3nc4cc(C)ccc4s3)nc2c1. The number of carbonyl (C=O) groups is 1. The van der Waals surface area contributed by atoms with E-state index in [9.17, 15) is 10.1 Å². The highest BCUT2D eigenvalue weighted by Crippen LogP contribution is 2.29. The molecule has 0 spiro atoms. The van der Waals surface area contributed by atoms with Gasteiger partial charge in [-0.25, -0.2) is 9.97 Å². The van der Waals surface area contributed by atoms with Crippen molar-refractivity contribution in [1.29, 1.82) is 5.26 Å². The normalized spacial score (nSPS) is 10.8. The molecule has 1 N–H and O–H groups in total. The number of benzene rings is 2. The molecule has 0 radical (unpaired) electrons. The van der Waals surface area contributed by atoms with Gasteiger partial charge in [-0.1, -0.05) is 29.2 Å². The Balaban J connectivity index is 1.50. The molecule has 2 aromatic heterocycles. The second kappa shape index (κ2) is 8.07. The quantitative estimate of drug-likeness (QED) is 0.468. The molecule has 144 valence electrons. The second-order valence-electron chi connectivity index (χ2n) is 6.34. The van der Waals surface area contributed by atoms with E-state index in [2.05, 4.69) is 21.4 Å². The van der Waals surface area contributed by atoms with E-state index in [1.54, 1.807) is 13.2 Å². The summed E-state index contributed by atoms with van der Waals surface area (Å²) in [6.45, 7) is 2.01. The third-order valence-electron chi connectivity index (χ3n) is 4.24. The summed E-state index contributed by atoms with van der Waals surface area (Å²) in [6.07, 6.45) is 0. The highest BCUT2D eigenvalue weighted by atomic mass is 32.2. The number of aryl methyl sites for hydroxylation is 1. The van der Waals surface area contributed by atoms with Crippen LogP contribution in [0.5, 0.6) is 5.75 Å². The Morgan fingerprint density at radius 3 is 2.86 bits per heavy atom. The van der Waals surface area contributed by atoms with Crippen LogP contribution in [0.15, 0.2) is 47.5 Å². The predicted molar refractivity (Wildman–Crippen MR) is 117 cm³/mol. The van der Waals surface area contributed by atoms with Crippen molar-refractivity contribution >= 4 is 55.3 Å². The average Bonchev–Trinajstić information content (AvgIpc) is 3.12. The number of thiazole rings is 1. The molecule has 8 heteroatoms. The Labute approximate surface area is 175 Å². The lowest BCUT2D eigenvalue weighted by Crippen LogP contribution is -2.14. The van der Waals surface area contributed by atoms with Crippen LogP contribution in [0, 0.1) is 18.3 Å². The zero-order valence-electron chi connectivity index (χ0n) is 15.7. The van der Waals surface area contributed by atoms with Gasteiger partial charge in [0.1, 0.15) is 16.8 Å². The number of pyridine rings is 1. The number of rotatable bonds is 5. The molecule has 0 atom stereocenters. The average molecular weight is 421 g/mol. The lowest BCUT2D eigenvalue weighted by Gasteiger charge is -2.07. The number of anilines is 1. The largest absolute Gasteiger partial charge is 0.497 e. The summed E-state index contributed by atoms with van der Waals surface area (Å²) in [5, 5.41) is 14.2. The minimum atomic E-state index is -0.192. The molecule has 0 aliphatic heterocycles. The van der Waals surface area contributed by atoms with Crippen molar-refractivity contribution in [2.45, 2.75) is 11.9 Å². The van der Waals surface area contributed by atoms with Gasteiger partial charge in [0.25, 0.3) is 0 Å². The minimum Gasteiger partial charge on any atom is -0.497 e. The fraction of sp³-hybridized carbons (Fsp3) is 0.143. The zero-order valence-corrected chi connectivity index (χ0v) is 17.4. The summed E-state index contributed by atoms with van der Waals surface area (Å²) in [5.74, 6) is 0.628. The summed E-state index contributed by atoms with van der Waals surface area (Å²) in [4.78, 5) is 21.4. The maximum atomic E-state index is 12.4. The molecular weight excluding hydrogens is 404 g/mol. The zero-order chi connectivity index (χ0) is 20.4. The van der Waals surface area contributed by atoms with Crippen LogP contribution in [0.3, 0.4) is 0 Å². The van der Waals surface area contributed by atoms with E-state index in [1.807, 2.05) is 43.3 Å². The van der Waals surface area contributed by atoms with Crippen LogP contribution in [0.2, 0.25) is 0 Å². The minimum absolute atomic E-state index is 0.131. The van der Waals surface area contributed by atoms with Crippen LogP contribution in [-0.2, 0) is 4.79 Å². The molecule has 6 nitrogen and oxygen atoms in total. The Kier molecular flexibility index (Phi) is 5.34. The number of fused-ring (bicyclic) bond motifs is 2. The number of nitrogens with zero attached hydrogens (tertiary/aromatic N) is 3. The van der Waals surface area contributed by atoms with Crippen molar-refractivity contribution in [2.75, 3.05) is 18.2 Å². The van der Waals surface area contributed by atoms with Gasteiger partial charge < -0.3 is 10.1 Å². The maximum Gasteiger partial charge on any atom is 0.236 e. The topological polar surface area (TPSA) is 87.9 Å². The van der Waals surface area contributed by atoms with Crippen LogP contribution in [-0.4, -0.2) is 28.7 Å². The molecule has 0 aliphatic rings. The van der Waals surface area contributed by atoms with Crippen molar-refractivity contribution in [2.24, 2.45) is 0 Å². The number of nitrogens with one attached hydrogen (secondary N) is 1. The predicted octanol–water partition coefficient (Wildman–Crippen LogP) is 4.76. The lowest BCUT2D eigenvalue weighted by atomic mass is 10.1. The van der Waals surface area contributed by atoms with Crippen LogP contribution in [0.4, 0.5) is 5.13 Å². The van der Waals surface area contributed by atoms with Crippen LogP contribution in [0.25, 0.3) is 21.1 Å². The van der Waals surface area contributed by atoms with Crippen LogP contribution < -0.4 is 10.1 Å². The molecule has 4 rings (SSSR count). The summed E-state index contributed by atoms with van der Waals surface area (Å²) < 4.78 is 6.26. The summed E-state index contributed by atoms with van der Waals surface area (Å²) in [5.41, 5.74) is 3.15. The van der Waals surface area contributed by atoms with Gasteiger partial charge in [0.2, 0.25) is 5.91 Å². The molecule has 1 amide bonds. The Morgan fingerprint density at radius 2 is 2.07 bits per heavy atom. The van der Waals surface area contributed by atoms with Crippen molar-refractivity contribution in [3.8, 4) is 11.8 Å². The monoisotopic (exact) mass is 420 g/mol. The van der Waals surface area contributed by atoms with E-state index in [0.29, 0.717) is 27.0 Å². The van der Waals surface area contributed by atoms with Gasteiger partial charge in [0.05, 0.1) is 34.2 Å². The van der Waals surface area contributed by atoms with E-state index < -0.39 is 0 Å². The fourth-order valence-electron chi connectivity index (χ4n) is 2.83. The van der Waals surface area contributed by atoms with Crippen molar-refractivity contribution in [3.63, 3.8) is 0 Å². The van der Waals surface area contributed by atoms with Gasteiger partial charge in [-0.15, -0.1) is 0 Å². The number of thioether (sulfide) groups is 1. The van der Waals surface area contributed by atoms with E-state index >= 15 is 0 Å². The number of amides is 1. The smallest absolute Gasteiger partial charge is 0.236 e. The Hall–Kier alpha value is -3.15. The summed E-state index contributed by atoms with van der Waals surface area (Å²) in [7, 11) is 1.59. The first kappa shape index (κ1) is 19.2. The molecule has 29 heavy (non-hydrogen) atoms. The lowest BCUT2D eigenvalue weighted by molar-refractivity contribution is -0.113.